The molecule has 0 fully saturated rings. The van der Waals surface area contributed by atoms with Crippen molar-refractivity contribution in [3.8, 4) is 11.5 Å². The molecule has 0 radical (unpaired) electrons. The van der Waals surface area contributed by atoms with Crippen LogP contribution in [0.1, 0.15) is 35.3 Å². The van der Waals surface area contributed by atoms with Gasteiger partial charge in [0, 0.05) is 28.8 Å². The average Bonchev–Trinajstić information content (AvgIpc) is 2.74. The molecule has 0 amide bonds. The van der Waals surface area contributed by atoms with E-state index in [4.69, 9.17) is 21.3 Å². The SMILES string of the molecule is COc1cccc([C@@H]2CC(c3ccc(Cl)cc3)=N[C@@H](c3cccc(F)c3)N2)c1O. The topological polar surface area (TPSA) is 53.8 Å². The van der Waals surface area contributed by atoms with Crippen molar-refractivity contribution in [1.29, 1.82) is 0 Å². The number of ether oxygens (including phenoxy) is 1. The highest BCUT2D eigenvalue weighted by atomic mass is 35.5. The van der Waals surface area contributed by atoms with E-state index in [1.165, 1.54) is 19.2 Å². The molecule has 0 aliphatic carbocycles. The monoisotopic (exact) mass is 410 g/mol. The number of aromatic hydroxyl groups is 1. The van der Waals surface area contributed by atoms with Gasteiger partial charge in [0.2, 0.25) is 0 Å². The first-order chi connectivity index (χ1) is 14.0. The number of hydrogen-bond donors (Lipinski definition) is 2. The number of phenolic OH excluding ortho intramolecular Hbond substituents is 1. The van der Waals surface area contributed by atoms with Crippen molar-refractivity contribution in [2.45, 2.75) is 18.6 Å². The number of hydrogen-bond acceptors (Lipinski definition) is 4. The van der Waals surface area contributed by atoms with Crippen LogP contribution in [0.15, 0.2) is 71.7 Å². The zero-order chi connectivity index (χ0) is 20.4. The predicted molar refractivity (Wildman–Crippen MR) is 112 cm³/mol. The van der Waals surface area contributed by atoms with Crippen molar-refractivity contribution in [1.82, 2.24) is 5.32 Å². The summed E-state index contributed by atoms with van der Waals surface area (Å²) in [5.41, 5.74) is 3.20. The molecule has 1 heterocycles. The summed E-state index contributed by atoms with van der Waals surface area (Å²) in [6, 6.07) is 19.0. The minimum atomic E-state index is -0.458. The van der Waals surface area contributed by atoms with E-state index in [2.05, 4.69) is 5.32 Å². The van der Waals surface area contributed by atoms with Gasteiger partial charge in [-0.15, -0.1) is 0 Å². The van der Waals surface area contributed by atoms with E-state index in [0.717, 1.165) is 11.3 Å². The Morgan fingerprint density at radius 2 is 1.86 bits per heavy atom. The Balaban J connectivity index is 1.77. The first-order valence-corrected chi connectivity index (χ1v) is 9.63. The zero-order valence-corrected chi connectivity index (χ0v) is 16.5. The fraction of sp³-hybridized carbons (Fsp3) is 0.174. The lowest BCUT2D eigenvalue weighted by molar-refractivity contribution is 0.360. The van der Waals surface area contributed by atoms with Gasteiger partial charge in [-0.1, -0.05) is 48.0 Å². The lowest BCUT2D eigenvalue weighted by Gasteiger charge is -2.31. The van der Waals surface area contributed by atoms with Crippen molar-refractivity contribution in [2.75, 3.05) is 7.11 Å². The maximum Gasteiger partial charge on any atom is 0.162 e. The van der Waals surface area contributed by atoms with Crippen molar-refractivity contribution in [3.05, 3.63) is 94.3 Å². The summed E-state index contributed by atoms with van der Waals surface area (Å²) >= 11 is 6.03. The van der Waals surface area contributed by atoms with Crippen LogP contribution in [0.4, 0.5) is 4.39 Å². The second-order valence-corrected chi connectivity index (χ2v) is 7.30. The van der Waals surface area contributed by atoms with Crippen LogP contribution >= 0.6 is 11.6 Å². The van der Waals surface area contributed by atoms with Crippen LogP contribution in [0, 0.1) is 5.82 Å². The normalized spacial score (nSPS) is 18.9. The minimum absolute atomic E-state index is 0.0860. The average molecular weight is 411 g/mol. The molecule has 0 aromatic heterocycles. The van der Waals surface area contributed by atoms with E-state index in [1.54, 1.807) is 12.1 Å². The molecule has 2 atom stereocenters. The summed E-state index contributed by atoms with van der Waals surface area (Å²) in [6.45, 7) is 0. The van der Waals surface area contributed by atoms with Gasteiger partial charge in [-0.2, -0.15) is 0 Å². The maximum atomic E-state index is 13.8. The Hall–Kier alpha value is -2.89. The lowest BCUT2D eigenvalue weighted by atomic mass is 9.93. The van der Waals surface area contributed by atoms with Gasteiger partial charge in [-0.05, 0) is 41.5 Å². The zero-order valence-electron chi connectivity index (χ0n) is 15.8. The van der Waals surface area contributed by atoms with Gasteiger partial charge in [-0.3, -0.25) is 10.3 Å². The van der Waals surface area contributed by atoms with Gasteiger partial charge in [0.1, 0.15) is 12.0 Å². The fourth-order valence-electron chi connectivity index (χ4n) is 3.56. The summed E-state index contributed by atoms with van der Waals surface area (Å²) in [6.07, 6.45) is 0.0921. The molecule has 0 saturated carbocycles. The number of aliphatic imine (C=N–C) groups is 1. The van der Waals surface area contributed by atoms with Gasteiger partial charge >= 0.3 is 0 Å². The molecule has 2 N–H and O–H groups in total. The van der Waals surface area contributed by atoms with Crippen LogP contribution in [-0.4, -0.2) is 17.9 Å². The van der Waals surface area contributed by atoms with Gasteiger partial charge < -0.3 is 9.84 Å². The highest BCUT2D eigenvalue weighted by Gasteiger charge is 2.28. The number of phenols is 1. The molecule has 0 spiro atoms. The van der Waals surface area contributed by atoms with Crippen molar-refractivity contribution < 1.29 is 14.2 Å². The molecule has 1 aliphatic rings. The minimum Gasteiger partial charge on any atom is -0.504 e. The van der Waals surface area contributed by atoms with Crippen LogP contribution in [0.25, 0.3) is 0 Å². The molecule has 6 heteroatoms. The predicted octanol–water partition coefficient (Wildman–Crippen LogP) is 5.42. The molecule has 3 aromatic carbocycles. The molecule has 3 aromatic rings. The van der Waals surface area contributed by atoms with E-state index < -0.39 is 6.17 Å². The molecule has 29 heavy (non-hydrogen) atoms. The van der Waals surface area contributed by atoms with Crippen LogP contribution in [0.5, 0.6) is 11.5 Å². The van der Waals surface area contributed by atoms with Crippen molar-refractivity contribution in [3.63, 3.8) is 0 Å². The Morgan fingerprint density at radius 1 is 1.10 bits per heavy atom. The molecule has 4 nitrogen and oxygen atoms in total. The quantitative estimate of drug-likeness (QED) is 0.604. The highest BCUT2D eigenvalue weighted by molar-refractivity contribution is 6.30. The molecule has 1 aliphatic heterocycles. The van der Waals surface area contributed by atoms with Crippen LogP contribution in [0.3, 0.4) is 0 Å². The number of halogens is 2. The van der Waals surface area contributed by atoms with Gasteiger partial charge in [0.25, 0.3) is 0 Å². The second-order valence-electron chi connectivity index (χ2n) is 6.86. The number of benzene rings is 3. The summed E-state index contributed by atoms with van der Waals surface area (Å²) < 4.78 is 19.1. The Labute approximate surface area is 173 Å². The molecule has 0 unspecified atom stereocenters. The third-order valence-electron chi connectivity index (χ3n) is 5.01. The third kappa shape index (κ3) is 4.11. The number of nitrogens with one attached hydrogen (secondary N) is 1. The molecule has 148 valence electrons. The van der Waals surface area contributed by atoms with Gasteiger partial charge in [0.15, 0.2) is 11.5 Å². The van der Waals surface area contributed by atoms with Gasteiger partial charge in [0.05, 0.1) is 7.11 Å². The summed E-state index contributed by atoms with van der Waals surface area (Å²) in [5.74, 6) is 0.170. The maximum absolute atomic E-state index is 13.8. The first kappa shape index (κ1) is 19.4. The van der Waals surface area contributed by atoms with Crippen LogP contribution in [-0.2, 0) is 0 Å². The van der Waals surface area contributed by atoms with Crippen LogP contribution < -0.4 is 10.1 Å². The smallest absolute Gasteiger partial charge is 0.162 e. The summed E-state index contributed by atoms with van der Waals surface area (Å²) in [4.78, 5) is 4.82. The molecule has 0 bridgehead atoms. The second kappa shape index (κ2) is 8.23. The Bertz CT molecular complexity index is 1050. The summed E-state index contributed by atoms with van der Waals surface area (Å²) in [5, 5.41) is 14.7. The molecule has 4 rings (SSSR count). The van der Waals surface area contributed by atoms with E-state index >= 15 is 0 Å². The fourth-order valence-corrected chi connectivity index (χ4v) is 3.68. The number of rotatable bonds is 4. The van der Waals surface area contributed by atoms with E-state index in [-0.39, 0.29) is 17.6 Å². The molecular formula is C23H20ClFN2O2. The summed E-state index contributed by atoms with van der Waals surface area (Å²) in [7, 11) is 1.52. The lowest BCUT2D eigenvalue weighted by Crippen LogP contribution is -2.33. The third-order valence-corrected chi connectivity index (χ3v) is 5.26. The number of nitrogens with zero attached hydrogens (tertiary/aromatic N) is 1. The van der Waals surface area contributed by atoms with E-state index in [0.29, 0.717) is 28.3 Å². The van der Waals surface area contributed by atoms with Gasteiger partial charge in [-0.25, -0.2) is 4.39 Å². The van der Waals surface area contributed by atoms with Crippen molar-refractivity contribution >= 4 is 17.3 Å². The number of para-hydroxylation sites is 1. The van der Waals surface area contributed by atoms with E-state index in [1.807, 2.05) is 42.5 Å². The first-order valence-electron chi connectivity index (χ1n) is 9.25. The largest absolute Gasteiger partial charge is 0.504 e. The highest BCUT2D eigenvalue weighted by Crippen LogP contribution is 2.38. The van der Waals surface area contributed by atoms with Crippen LogP contribution in [0.2, 0.25) is 5.02 Å². The standard InChI is InChI=1S/C23H20ClFN2O2/c1-29-21-7-3-6-18(22(21)28)20-13-19(14-8-10-16(24)11-9-14)26-23(27-20)15-4-2-5-17(25)12-15/h2-12,20,23,27-28H,13H2,1H3/t20-,23+/m0/s1. The number of methoxy groups -OCH3 is 1. The van der Waals surface area contributed by atoms with Crippen molar-refractivity contribution in [2.24, 2.45) is 4.99 Å². The Morgan fingerprint density at radius 3 is 2.59 bits per heavy atom. The molecule has 0 saturated heterocycles. The Kier molecular flexibility index (Phi) is 5.51. The van der Waals surface area contributed by atoms with E-state index in [9.17, 15) is 9.50 Å². The molecular weight excluding hydrogens is 391 g/mol.